The van der Waals surface area contributed by atoms with E-state index in [1.165, 1.54) is 0 Å². The largest absolute Gasteiger partial charge is 0.243 e. The van der Waals surface area contributed by atoms with Crippen LogP contribution in [0, 0.1) is 6.92 Å². The first-order valence-electron chi connectivity index (χ1n) is 11.9. The van der Waals surface area contributed by atoms with Crippen molar-refractivity contribution in [1.29, 1.82) is 0 Å². The highest BCUT2D eigenvalue weighted by atomic mass is 35.5. The van der Waals surface area contributed by atoms with E-state index in [9.17, 15) is 8.42 Å². The molecule has 0 amide bonds. The van der Waals surface area contributed by atoms with E-state index in [0.717, 1.165) is 49.7 Å². The molecule has 1 aliphatic rings. The first kappa shape index (κ1) is 23.0. The van der Waals surface area contributed by atoms with Gasteiger partial charge in [-0.05, 0) is 75.3 Å². The summed E-state index contributed by atoms with van der Waals surface area (Å²) in [5, 5.41) is 2.70. The Morgan fingerprint density at radius 1 is 0.667 bits per heavy atom. The highest BCUT2D eigenvalue weighted by Crippen LogP contribution is 2.47. The zero-order valence-corrected chi connectivity index (χ0v) is 21.4. The lowest BCUT2D eigenvalue weighted by Gasteiger charge is -2.19. The maximum Gasteiger partial charge on any atom is 0.243 e. The highest BCUT2D eigenvalue weighted by Gasteiger charge is 2.35. The smallest absolute Gasteiger partial charge is 0.207 e. The second kappa shape index (κ2) is 8.90. The van der Waals surface area contributed by atoms with Crippen molar-refractivity contribution in [3.8, 4) is 22.3 Å². The number of aryl methyl sites for hydroxylation is 1. The third-order valence-corrected chi connectivity index (χ3v) is 8.99. The van der Waals surface area contributed by atoms with E-state index in [2.05, 4.69) is 30.3 Å². The zero-order valence-electron chi connectivity index (χ0n) is 19.8. The van der Waals surface area contributed by atoms with Crippen molar-refractivity contribution in [2.45, 2.75) is 24.9 Å². The van der Waals surface area contributed by atoms with E-state index < -0.39 is 10.0 Å². The Morgan fingerprint density at radius 2 is 1.25 bits per heavy atom. The molecule has 3 nitrogen and oxygen atoms in total. The first-order chi connectivity index (χ1) is 17.4. The fraction of sp³-hybridized carbons (Fsp3) is 0.0968. The Bertz CT molecular complexity index is 1700. The summed E-state index contributed by atoms with van der Waals surface area (Å²) in [4.78, 5) is 0.313. The van der Waals surface area contributed by atoms with Crippen LogP contribution in [-0.4, -0.2) is 12.7 Å². The third-order valence-electron chi connectivity index (χ3n) is 6.94. The molecule has 36 heavy (non-hydrogen) atoms. The summed E-state index contributed by atoms with van der Waals surface area (Å²) >= 11 is 6.48. The van der Waals surface area contributed by atoms with Crippen LogP contribution >= 0.6 is 11.6 Å². The van der Waals surface area contributed by atoms with Gasteiger partial charge in [-0.25, -0.2) is 8.42 Å². The lowest BCUT2D eigenvalue weighted by atomic mass is 9.84. The number of halogens is 1. The SMILES string of the molecule is Cc1ccc(S(=O)(=O)N2Cc3c(-c4ccccc4)c(-c4ccccc4)c4ccc(Cl)cc4c3C2)cc1. The number of sulfonamides is 1. The van der Waals surface area contributed by atoms with Crippen LogP contribution in [0.2, 0.25) is 5.02 Å². The van der Waals surface area contributed by atoms with Crippen LogP contribution in [0.25, 0.3) is 33.0 Å². The predicted molar refractivity (Wildman–Crippen MR) is 147 cm³/mol. The molecule has 5 aromatic rings. The van der Waals surface area contributed by atoms with Crippen LogP contribution in [0.3, 0.4) is 0 Å². The van der Waals surface area contributed by atoms with E-state index in [-0.39, 0.29) is 0 Å². The van der Waals surface area contributed by atoms with E-state index in [1.54, 1.807) is 16.4 Å². The summed E-state index contributed by atoms with van der Waals surface area (Å²) < 4.78 is 29.0. The molecule has 0 saturated carbocycles. The molecule has 5 heteroatoms. The number of hydrogen-bond acceptors (Lipinski definition) is 2. The summed E-state index contributed by atoms with van der Waals surface area (Å²) in [5.41, 5.74) is 7.41. The highest BCUT2D eigenvalue weighted by molar-refractivity contribution is 7.89. The molecule has 0 aromatic heterocycles. The zero-order chi connectivity index (χ0) is 24.9. The summed E-state index contributed by atoms with van der Waals surface area (Å²) in [7, 11) is -3.68. The molecular weight excluding hydrogens is 486 g/mol. The van der Waals surface area contributed by atoms with Crippen molar-refractivity contribution in [3.05, 3.63) is 125 Å². The van der Waals surface area contributed by atoms with Crippen molar-refractivity contribution in [1.82, 2.24) is 4.31 Å². The molecule has 6 rings (SSSR count). The normalized spacial score (nSPS) is 13.7. The van der Waals surface area contributed by atoms with Crippen LogP contribution in [0.15, 0.2) is 108 Å². The molecule has 5 aromatic carbocycles. The molecule has 0 aliphatic carbocycles. The van der Waals surface area contributed by atoms with Crippen molar-refractivity contribution in [3.63, 3.8) is 0 Å². The van der Waals surface area contributed by atoms with Gasteiger partial charge < -0.3 is 0 Å². The number of hydrogen-bond donors (Lipinski definition) is 0. The van der Waals surface area contributed by atoms with Gasteiger partial charge in [0, 0.05) is 18.1 Å². The van der Waals surface area contributed by atoms with Crippen molar-refractivity contribution in [2.24, 2.45) is 0 Å². The molecule has 1 aliphatic heterocycles. The van der Waals surface area contributed by atoms with Crippen molar-refractivity contribution >= 4 is 32.4 Å². The average Bonchev–Trinajstić information content (AvgIpc) is 3.36. The maximum atomic E-state index is 13.7. The Labute approximate surface area is 216 Å². The lowest BCUT2D eigenvalue weighted by Crippen LogP contribution is -2.25. The monoisotopic (exact) mass is 509 g/mol. The van der Waals surface area contributed by atoms with Crippen molar-refractivity contribution < 1.29 is 8.42 Å². The van der Waals surface area contributed by atoms with E-state index in [1.807, 2.05) is 67.6 Å². The van der Waals surface area contributed by atoms with E-state index in [0.29, 0.717) is 23.0 Å². The third kappa shape index (κ3) is 3.82. The molecular formula is C31H24ClNO2S. The standard InChI is InChI=1S/C31H24ClNO2S/c1-21-12-15-25(16-13-21)36(34,35)33-19-28-27-18-24(32)14-17-26(27)30(22-8-4-2-5-9-22)31(29(28)20-33)23-10-6-3-7-11-23/h2-18H,19-20H2,1H3. The van der Waals surface area contributed by atoms with Crippen LogP contribution in [0.5, 0.6) is 0 Å². The summed E-state index contributed by atoms with van der Waals surface area (Å²) in [5.74, 6) is 0. The Hall–Kier alpha value is -3.44. The van der Waals surface area contributed by atoms with Gasteiger partial charge in [-0.15, -0.1) is 0 Å². The van der Waals surface area contributed by atoms with Gasteiger partial charge in [0.25, 0.3) is 0 Å². The van der Waals surface area contributed by atoms with Gasteiger partial charge in [-0.2, -0.15) is 4.31 Å². The molecule has 0 N–H and O–H groups in total. The van der Waals surface area contributed by atoms with Gasteiger partial charge in [0.15, 0.2) is 0 Å². The fourth-order valence-electron chi connectivity index (χ4n) is 5.20. The minimum absolute atomic E-state index is 0.303. The molecule has 0 atom stereocenters. The van der Waals surface area contributed by atoms with Gasteiger partial charge in [0.05, 0.1) is 4.90 Å². The second-order valence-corrected chi connectivity index (χ2v) is 11.6. The summed E-state index contributed by atoms with van der Waals surface area (Å²) in [6, 6.07) is 33.6. The Balaban J connectivity index is 1.64. The van der Waals surface area contributed by atoms with E-state index in [4.69, 9.17) is 11.6 Å². The van der Waals surface area contributed by atoms with Gasteiger partial charge in [0.2, 0.25) is 10.0 Å². The lowest BCUT2D eigenvalue weighted by molar-refractivity contribution is 0.432. The minimum Gasteiger partial charge on any atom is -0.207 e. The predicted octanol–water partition coefficient (Wildman–Crippen LogP) is 7.84. The molecule has 0 spiro atoms. The summed E-state index contributed by atoms with van der Waals surface area (Å²) in [6.07, 6.45) is 0. The quantitative estimate of drug-likeness (QED) is 0.247. The topological polar surface area (TPSA) is 37.4 Å². The van der Waals surface area contributed by atoms with Gasteiger partial charge in [-0.3, -0.25) is 0 Å². The maximum absolute atomic E-state index is 13.7. The second-order valence-electron chi connectivity index (χ2n) is 9.22. The first-order valence-corrected chi connectivity index (χ1v) is 13.7. The molecule has 178 valence electrons. The Kier molecular flexibility index (Phi) is 5.68. The van der Waals surface area contributed by atoms with Crippen LogP contribution in [-0.2, 0) is 23.1 Å². The molecule has 1 heterocycles. The van der Waals surface area contributed by atoms with Gasteiger partial charge in [0.1, 0.15) is 0 Å². The average molecular weight is 510 g/mol. The number of benzene rings is 5. The number of nitrogens with zero attached hydrogens (tertiary/aromatic N) is 1. The van der Waals surface area contributed by atoms with Gasteiger partial charge in [-0.1, -0.05) is 96.0 Å². The molecule has 0 saturated heterocycles. The summed E-state index contributed by atoms with van der Waals surface area (Å²) in [6.45, 7) is 2.56. The fourth-order valence-corrected chi connectivity index (χ4v) is 6.75. The number of rotatable bonds is 4. The van der Waals surface area contributed by atoms with Crippen LogP contribution in [0.4, 0.5) is 0 Å². The molecule has 0 unspecified atom stereocenters. The van der Waals surface area contributed by atoms with Crippen LogP contribution in [0.1, 0.15) is 16.7 Å². The molecule has 0 radical (unpaired) electrons. The molecule has 0 fully saturated rings. The van der Waals surface area contributed by atoms with E-state index >= 15 is 0 Å². The minimum atomic E-state index is -3.68. The van der Waals surface area contributed by atoms with Crippen molar-refractivity contribution in [2.75, 3.05) is 0 Å². The van der Waals surface area contributed by atoms with Gasteiger partial charge >= 0.3 is 0 Å². The van der Waals surface area contributed by atoms with Crippen LogP contribution < -0.4 is 0 Å². The molecule has 0 bridgehead atoms. The Morgan fingerprint density at radius 3 is 1.89 bits per heavy atom. The number of fused-ring (bicyclic) bond motifs is 3.